The highest BCUT2D eigenvalue weighted by molar-refractivity contribution is 5.84. The van der Waals surface area contributed by atoms with Crippen molar-refractivity contribution < 1.29 is 27.1 Å². The summed E-state index contributed by atoms with van der Waals surface area (Å²) in [6.45, 7) is 4.92. The molecule has 1 fully saturated rings. The Hall–Kier alpha value is -2.62. The van der Waals surface area contributed by atoms with Gasteiger partial charge in [-0.2, -0.15) is 0 Å². The van der Waals surface area contributed by atoms with Crippen molar-refractivity contribution in [3.8, 4) is 11.5 Å². The molecule has 10 heteroatoms. The van der Waals surface area contributed by atoms with Gasteiger partial charge in [-0.25, -0.2) is 0 Å². The first-order valence-corrected chi connectivity index (χ1v) is 8.36. The van der Waals surface area contributed by atoms with Crippen molar-refractivity contribution in [1.29, 1.82) is 0 Å². The van der Waals surface area contributed by atoms with Gasteiger partial charge >= 0.3 is 12.4 Å². The molecule has 0 bridgehead atoms. The van der Waals surface area contributed by atoms with Crippen LogP contribution in [0.1, 0.15) is 19.4 Å². The number of halogens is 3. The number of alkyl halides is 3. The van der Waals surface area contributed by atoms with Crippen molar-refractivity contribution >= 4 is 11.9 Å². The smallest absolute Gasteiger partial charge is 0.403 e. The molecule has 1 aliphatic rings. The third-order valence-electron chi connectivity index (χ3n) is 4.41. The summed E-state index contributed by atoms with van der Waals surface area (Å²) < 4.78 is 46.3. The third kappa shape index (κ3) is 4.38. The van der Waals surface area contributed by atoms with Gasteiger partial charge in [0.25, 0.3) is 0 Å². The summed E-state index contributed by atoms with van der Waals surface area (Å²) in [6.07, 6.45) is -5.77. The molecule has 146 valence electrons. The predicted molar refractivity (Wildman–Crippen MR) is 89.7 cm³/mol. The molecule has 1 aromatic heterocycles. The normalized spacial score (nSPS) is 20.9. The van der Waals surface area contributed by atoms with Crippen LogP contribution in [0.25, 0.3) is 11.5 Å². The number of benzene rings is 1. The first kappa shape index (κ1) is 19.2. The second-order valence-corrected chi connectivity index (χ2v) is 6.48. The average Bonchev–Trinajstić information content (AvgIpc) is 3.05. The SMILES string of the molecule is Cc1ccc(-c2nnc(N[C@H](C)C(=O)N3C[C@H](OC(F)(F)F)[C@H]3C)o2)cc1. The van der Waals surface area contributed by atoms with E-state index in [4.69, 9.17) is 4.42 Å². The summed E-state index contributed by atoms with van der Waals surface area (Å²) in [5, 5.41) is 10.6. The molecule has 3 rings (SSSR count). The predicted octanol–water partition coefficient (Wildman–Crippen LogP) is 2.98. The van der Waals surface area contributed by atoms with Gasteiger partial charge in [0.1, 0.15) is 12.1 Å². The van der Waals surface area contributed by atoms with Crippen LogP contribution >= 0.6 is 0 Å². The first-order chi connectivity index (χ1) is 12.6. The van der Waals surface area contributed by atoms with Gasteiger partial charge < -0.3 is 14.6 Å². The van der Waals surface area contributed by atoms with E-state index in [1.54, 1.807) is 6.92 Å². The Morgan fingerprint density at radius 1 is 1.33 bits per heavy atom. The number of anilines is 1. The maximum Gasteiger partial charge on any atom is 0.522 e. The van der Waals surface area contributed by atoms with E-state index >= 15 is 0 Å². The Morgan fingerprint density at radius 3 is 2.59 bits per heavy atom. The van der Waals surface area contributed by atoms with E-state index < -0.39 is 24.6 Å². The summed E-state index contributed by atoms with van der Waals surface area (Å²) in [4.78, 5) is 13.7. The molecule has 2 aromatic rings. The van der Waals surface area contributed by atoms with E-state index in [2.05, 4.69) is 20.3 Å². The van der Waals surface area contributed by atoms with Gasteiger partial charge in [-0.05, 0) is 32.9 Å². The number of nitrogens with zero attached hydrogens (tertiary/aromatic N) is 3. The van der Waals surface area contributed by atoms with E-state index in [9.17, 15) is 18.0 Å². The van der Waals surface area contributed by atoms with Crippen LogP contribution in [-0.4, -0.2) is 52.1 Å². The Morgan fingerprint density at radius 2 is 2.00 bits per heavy atom. The number of rotatable bonds is 5. The zero-order valence-electron chi connectivity index (χ0n) is 14.9. The maximum atomic E-state index is 12.4. The van der Waals surface area contributed by atoms with Crippen LogP contribution in [0.4, 0.5) is 19.2 Å². The Kier molecular flexibility index (Phi) is 5.09. The van der Waals surface area contributed by atoms with E-state index in [-0.39, 0.29) is 18.5 Å². The molecular weight excluding hydrogens is 365 g/mol. The summed E-state index contributed by atoms with van der Waals surface area (Å²) >= 11 is 0. The molecule has 0 spiro atoms. The number of hydrogen-bond donors (Lipinski definition) is 1. The average molecular weight is 384 g/mol. The minimum Gasteiger partial charge on any atom is -0.403 e. The topological polar surface area (TPSA) is 80.5 Å². The molecule has 0 saturated carbocycles. The van der Waals surface area contributed by atoms with E-state index in [0.717, 1.165) is 11.1 Å². The number of carbonyl (C=O) groups excluding carboxylic acids is 1. The lowest BCUT2D eigenvalue weighted by atomic mass is 10.00. The minimum atomic E-state index is -4.71. The fourth-order valence-corrected chi connectivity index (χ4v) is 2.76. The monoisotopic (exact) mass is 384 g/mol. The molecule has 2 heterocycles. The lowest BCUT2D eigenvalue weighted by molar-refractivity contribution is -0.359. The fraction of sp³-hybridized carbons (Fsp3) is 0.471. The molecule has 0 unspecified atom stereocenters. The number of aromatic nitrogens is 2. The van der Waals surface area contributed by atoms with Crippen LogP contribution in [0.2, 0.25) is 0 Å². The number of nitrogens with one attached hydrogen (secondary N) is 1. The molecule has 1 aromatic carbocycles. The van der Waals surface area contributed by atoms with Gasteiger partial charge in [-0.15, -0.1) is 18.3 Å². The lowest BCUT2D eigenvalue weighted by Crippen LogP contribution is -2.64. The number of carbonyl (C=O) groups is 1. The number of amides is 1. The van der Waals surface area contributed by atoms with Crippen molar-refractivity contribution in [1.82, 2.24) is 15.1 Å². The minimum absolute atomic E-state index is 0.0580. The Bertz CT molecular complexity index is 807. The van der Waals surface area contributed by atoms with E-state index in [1.807, 2.05) is 31.2 Å². The van der Waals surface area contributed by atoms with Crippen molar-refractivity contribution in [3.63, 3.8) is 0 Å². The zero-order chi connectivity index (χ0) is 19.8. The Balaban J connectivity index is 1.57. The second-order valence-electron chi connectivity index (χ2n) is 6.48. The number of hydrogen-bond acceptors (Lipinski definition) is 6. The summed E-state index contributed by atoms with van der Waals surface area (Å²) in [5.74, 6) is -0.0762. The zero-order valence-corrected chi connectivity index (χ0v) is 14.9. The number of ether oxygens (including phenoxy) is 1. The van der Waals surface area contributed by atoms with Crippen molar-refractivity contribution in [2.24, 2.45) is 0 Å². The molecule has 27 heavy (non-hydrogen) atoms. The first-order valence-electron chi connectivity index (χ1n) is 8.36. The van der Waals surface area contributed by atoms with Crippen LogP contribution in [0, 0.1) is 6.92 Å². The molecule has 1 N–H and O–H groups in total. The lowest BCUT2D eigenvalue weighted by Gasteiger charge is -2.46. The number of likely N-dealkylation sites (tertiary alicyclic amines) is 1. The summed E-state index contributed by atoms with van der Waals surface area (Å²) in [7, 11) is 0. The van der Waals surface area contributed by atoms with Gasteiger partial charge in [0.05, 0.1) is 6.04 Å². The van der Waals surface area contributed by atoms with Crippen LogP contribution in [0.5, 0.6) is 0 Å². The molecule has 1 amide bonds. The second kappa shape index (κ2) is 7.18. The van der Waals surface area contributed by atoms with Gasteiger partial charge in [0, 0.05) is 12.1 Å². The highest BCUT2D eigenvalue weighted by atomic mass is 19.4. The third-order valence-corrected chi connectivity index (χ3v) is 4.41. The highest BCUT2D eigenvalue weighted by Crippen LogP contribution is 2.29. The van der Waals surface area contributed by atoms with Crippen LogP contribution in [-0.2, 0) is 9.53 Å². The standard InChI is InChI=1S/C17H19F3N4O3/c1-9-4-6-12(7-5-9)14-22-23-16(26-14)21-10(2)15(25)24-8-13(11(24)3)27-17(18,19)20/h4-7,10-11,13H,8H2,1-3H3,(H,21,23)/t10-,11-,13+/m1/s1. The van der Waals surface area contributed by atoms with Gasteiger partial charge in [0.2, 0.25) is 11.8 Å². The molecule has 1 aliphatic heterocycles. The van der Waals surface area contributed by atoms with Crippen LogP contribution in [0.15, 0.2) is 28.7 Å². The van der Waals surface area contributed by atoms with Crippen molar-refractivity contribution in [2.75, 3.05) is 11.9 Å². The van der Waals surface area contributed by atoms with Crippen LogP contribution in [0.3, 0.4) is 0 Å². The van der Waals surface area contributed by atoms with Crippen molar-refractivity contribution in [3.05, 3.63) is 29.8 Å². The van der Waals surface area contributed by atoms with Gasteiger partial charge in [-0.1, -0.05) is 22.8 Å². The van der Waals surface area contributed by atoms with E-state index in [0.29, 0.717) is 5.89 Å². The number of aryl methyl sites for hydroxylation is 1. The molecule has 1 saturated heterocycles. The quantitative estimate of drug-likeness (QED) is 0.854. The molecule has 0 radical (unpaired) electrons. The molecule has 7 nitrogen and oxygen atoms in total. The maximum absolute atomic E-state index is 12.4. The molecule has 0 aliphatic carbocycles. The van der Waals surface area contributed by atoms with Gasteiger partial charge in [-0.3, -0.25) is 9.53 Å². The fourth-order valence-electron chi connectivity index (χ4n) is 2.76. The summed E-state index contributed by atoms with van der Waals surface area (Å²) in [6, 6.07) is 6.13. The van der Waals surface area contributed by atoms with Crippen molar-refractivity contribution in [2.45, 2.75) is 45.3 Å². The summed E-state index contributed by atoms with van der Waals surface area (Å²) in [5.41, 5.74) is 1.83. The van der Waals surface area contributed by atoms with E-state index in [1.165, 1.54) is 11.8 Å². The Labute approximate surface area is 153 Å². The highest BCUT2D eigenvalue weighted by Gasteiger charge is 2.46. The van der Waals surface area contributed by atoms with Crippen LogP contribution < -0.4 is 5.32 Å². The molecular formula is C17H19F3N4O3. The van der Waals surface area contributed by atoms with Gasteiger partial charge in [0.15, 0.2) is 0 Å². The largest absolute Gasteiger partial charge is 0.522 e. The molecule has 3 atom stereocenters.